The van der Waals surface area contributed by atoms with Gasteiger partial charge in [0.25, 0.3) is 0 Å². The number of hydrogen-bond donors (Lipinski definition) is 0. The zero-order chi connectivity index (χ0) is 18.3. The number of ether oxygens (including phenoxy) is 1. The maximum Gasteiger partial charge on any atom is 0.305 e. The van der Waals surface area contributed by atoms with E-state index in [1.807, 2.05) is 54.6 Å². The van der Waals surface area contributed by atoms with Gasteiger partial charge >= 0.3 is 5.97 Å². The van der Waals surface area contributed by atoms with Gasteiger partial charge in [0.2, 0.25) is 0 Å². The number of carbonyl (C=O) groups excluding carboxylic acids is 2. The first-order valence-corrected chi connectivity index (χ1v) is 8.57. The van der Waals surface area contributed by atoms with Gasteiger partial charge in [-0.05, 0) is 0 Å². The van der Waals surface area contributed by atoms with Crippen molar-refractivity contribution in [3.63, 3.8) is 0 Å². The van der Waals surface area contributed by atoms with Gasteiger partial charge in [-0.2, -0.15) is 0 Å². The first kappa shape index (κ1) is 18.9. The fourth-order valence-electron chi connectivity index (χ4n) is 2.60. The normalized spacial score (nSPS) is 11.2. The Kier molecular flexibility index (Phi) is 6.48. The lowest BCUT2D eigenvalue weighted by atomic mass is 10.0. The minimum absolute atomic E-state index is 0.0346. The second-order valence-electron chi connectivity index (χ2n) is 6.78. The molecular formula is C21H26NO3+. The number of esters is 1. The fourth-order valence-corrected chi connectivity index (χ4v) is 2.60. The Labute approximate surface area is 149 Å². The molecule has 0 radical (unpaired) electrons. The number of quaternary nitrogens is 1. The molecule has 0 N–H and O–H groups in total. The molecule has 0 aromatic heterocycles. The van der Waals surface area contributed by atoms with Crippen LogP contribution in [0.3, 0.4) is 0 Å². The Morgan fingerprint density at radius 1 is 0.920 bits per heavy atom. The third kappa shape index (κ3) is 5.84. The standard InChI is InChI=1S/C21H26NO3/c1-4-20(23)25-15-14-22(2,3)16-17-10-12-19(13-11-17)21(24)18-8-6-5-7-9-18/h5-13H,4,14-16H2,1-3H3/q+1. The zero-order valence-electron chi connectivity index (χ0n) is 15.2. The molecule has 0 unspecified atom stereocenters. The van der Waals surface area contributed by atoms with E-state index in [-0.39, 0.29) is 11.8 Å². The van der Waals surface area contributed by atoms with E-state index in [2.05, 4.69) is 14.1 Å². The predicted octanol–water partition coefficient (Wildman–Crippen LogP) is 3.45. The van der Waals surface area contributed by atoms with Crippen molar-refractivity contribution in [3.8, 4) is 0 Å². The largest absolute Gasteiger partial charge is 0.460 e. The molecule has 2 aromatic carbocycles. The van der Waals surface area contributed by atoms with Crippen LogP contribution < -0.4 is 0 Å². The maximum atomic E-state index is 12.4. The van der Waals surface area contributed by atoms with Crippen LogP contribution in [0.1, 0.15) is 34.8 Å². The molecule has 2 aromatic rings. The molecule has 0 spiro atoms. The van der Waals surface area contributed by atoms with E-state index in [9.17, 15) is 9.59 Å². The van der Waals surface area contributed by atoms with E-state index in [0.717, 1.165) is 18.7 Å². The minimum Gasteiger partial charge on any atom is -0.460 e. The van der Waals surface area contributed by atoms with Crippen LogP contribution in [-0.4, -0.2) is 43.5 Å². The quantitative estimate of drug-likeness (QED) is 0.420. The zero-order valence-corrected chi connectivity index (χ0v) is 15.2. The lowest BCUT2D eigenvalue weighted by molar-refractivity contribution is -0.903. The van der Waals surface area contributed by atoms with E-state index in [1.165, 1.54) is 0 Å². The molecule has 4 heteroatoms. The van der Waals surface area contributed by atoms with Gasteiger partial charge in [-0.15, -0.1) is 0 Å². The van der Waals surface area contributed by atoms with Gasteiger partial charge in [-0.1, -0.05) is 61.5 Å². The molecule has 0 saturated heterocycles. The Balaban J connectivity index is 1.95. The topological polar surface area (TPSA) is 43.4 Å². The summed E-state index contributed by atoms with van der Waals surface area (Å²) in [7, 11) is 4.20. The summed E-state index contributed by atoms with van der Waals surface area (Å²) in [6.07, 6.45) is 0.407. The van der Waals surface area contributed by atoms with Crippen molar-refractivity contribution < 1.29 is 18.8 Å². The fraction of sp³-hybridized carbons (Fsp3) is 0.333. The summed E-state index contributed by atoms with van der Waals surface area (Å²) in [5.74, 6) is -0.129. The molecule has 0 saturated carbocycles. The van der Waals surface area contributed by atoms with Crippen molar-refractivity contribution in [1.29, 1.82) is 0 Å². The highest BCUT2D eigenvalue weighted by Crippen LogP contribution is 2.14. The van der Waals surface area contributed by atoms with Crippen molar-refractivity contribution in [2.45, 2.75) is 19.9 Å². The van der Waals surface area contributed by atoms with Crippen LogP contribution in [-0.2, 0) is 16.1 Å². The van der Waals surface area contributed by atoms with Crippen LogP contribution in [0.4, 0.5) is 0 Å². The Hall–Kier alpha value is -2.46. The lowest BCUT2D eigenvalue weighted by Crippen LogP contribution is -2.41. The van der Waals surface area contributed by atoms with E-state index >= 15 is 0 Å². The number of ketones is 1. The SMILES string of the molecule is CCC(=O)OCC[N+](C)(C)Cc1ccc(C(=O)c2ccccc2)cc1. The van der Waals surface area contributed by atoms with Gasteiger partial charge < -0.3 is 9.22 Å². The molecule has 0 fully saturated rings. The van der Waals surface area contributed by atoms with Gasteiger partial charge in [-0.3, -0.25) is 9.59 Å². The highest BCUT2D eigenvalue weighted by molar-refractivity contribution is 6.08. The molecule has 0 atom stereocenters. The van der Waals surface area contributed by atoms with Crippen LogP contribution >= 0.6 is 0 Å². The number of benzene rings is 2. The van der Waals surface area contributed by atoms with Crippen LogP contribution in [0.5, 0.6) is 0 Å². The summed E-state index contributed by atoms with van der Waals surface area (Å²) in [4.78, 5) is 23.6. The van der Waals surface area contributed by atoms with Gasteiger partial charge in [0.05, 0.1) is 14.1 Å². The predicted molar refractivity (Wildman–Crippen MR) is 98.2 cm³/mol. The summed E-state index contributed by atoms with van der Waals surface area (Å²) in [6.45, 7) is 3.77. The lowest BCUT2D eigenvalue weighted by Gasteiger charge is -2.29. The number of rotatable bonds is 8. The smallest absolute Gasteiger partial charge is 0.305 e. The van der Waals surface area contributed by atoms with Gasteiger partial charge in [0.1, 0.15) is 19.7 Å². The van der Waals surface area contributed by atoms with Crippen molar-refractivity contribution in [1.82, 2.24) is 0 Å². The van der Waals surface area contributed by atoms with E-state index in [0.29, 0.717) is 28.6 Å². The summed E-state index contributed by atoms with van der Waals surface area (Å²) in [6, 6.07) is 17.0. The minimum atomic E-state index is -0.163. The molecule has 4 nitrogen and oxygen atoms in total. The first-order chi connectivity index (χ1) is 11.9. The second kappa shape index (κ2) is 8.58. The Bertz CT molecular complexity index is 706. The maximum absolute atomic E-state index is 12.4. The van der Waals surface area contributed by atoms with Crippen molar-refractivity contribution in [2.24, 2.45) is 0 Å². The molecular weight excluding hydrogens is 314 g/mol. The molecule has 25 heavy (non-hydrogen) atoms. The molecule has 0 heterocycles. The highest BCUT2D eigenvalue weighted by Gasteiger charge is 2.17. The molecule has 0 aliphatic heterocycles. The monoisotopic (exact) mass is 340 g/mol. The van der Waals surface area contributed by atoms with Gasteiger partial charge in [0, 0.05) is 23.1 Å². The average molecular weight is 340 g/mol. The molecule has 0 bridgehead atoms. The van der Waals surface area contributed by atoms with Crippen molar-refractivity contribution in [2.75, 3.05) is 27.2 Å². The van der Waals surface area contributed by atoms with Crippen LogP contribution in [0.15, 0.2) is 54.6 Å². The summed E-state index contributed by atoms with van der Waals surface area (Å²) in [5.41, 5.74) is 2.54. The molecule has 132 valence electrons. The number of carbonyl (C=O) groups is 2. The Morgan fingerprint density at radius 2 is 1.52 bits per heavy atom. The summed E-state index contributed by atoms with van der Waals surface area (Å²) < 4.78 is 5.88. The molecule has 0 aliphatic rings. The van der Waals surface area contributed by atoms with Crippen LogP contribution in [0.2, 0.25) is 0 Å². The van der Waals surface area contributed by atoms with Gasteiger partial charge in [-0.25, -0.2) is 0 Å². The number of hydrogen-bond acceptors (Lipinski definition) is 3. The van der Waals surface area contributed by atoms with Gasteiger partial charge in [0.15, 0.2) is 5.78 Å². The van der Waals surface area contributed by atoms with Crippen LogP contribution in [0, 0.1) is 0 Å². The third-order valence-corrected chi connectivity index (χ3v) is 4.11. The first-order valence-electron chi connectivity index (χ1n) is 8.57. The molecule has 0 amide bonds. The highest BCUT2D eigenvalue weighted by atomic mass is 16.5. The third-order valence-electron chi connectivity index (χ3n) is 4.11. The van der Waals surface area contributed by atoms with Crippen molar-refractivity contribution >= 4 is 11.8 Å². The molecule has 0 aliphatic carbocycles. The number of likely N-dealkylation sites (N-methyl/N-ethyl adjacent to an activating group) is 1. The van der Waals surface area contributed by atoms with E-state index in [1.54, 1.807) is 6.92 Å². The second-order valence-corrected chi connectivity index (χ2v) is 6.78. The van der Waals surface area contributed by atoms with Crippen LogP contribution in [0.25, 0.3) is 0 Å². The summed E-state index contributed by atoms with van der Waals surface area (Å²) in [5, 5.41) is 0. The summed E-state index contributed by atoms with van der Waals surface area (Å²) >= 11 is 0. The number of nitrogens with zero attached hydrogens (tertiary/aromatic N) is 1. The van der Waals surface area contributed by atoms with E-state index in [4.69, 9.17) is 4.74 Å². The van der Waals surface area contributed by atoms with E-state index < -0.39 is 0 Å². The Morgan fingerprint density at radius 3 is 2.12 bits per heavy atom. The molecule has 2 rings (SSSR count). The average Bonchev–Trinajstić information content (AvgIpc) is 2.62. The van der Waals surface area contributed by atoms with Crippen molar-refractivity contribution in [3.05, 3.63) is 71.3 Å².